The molecule has 2 aliphatic rings. The molecular weight excluding hydrogens is 324 g/mol. The van der Waals surface area contributed by atoms with E-state index < -0.39 is 6.55 Å². The number of halogens is 3. The average molecular weight is 350 g/mol. The van der Waals surface area contributed by atoms with Crippen molar-refractivity contribution in [3.05, 3.63) is 18.2 Å². The maximum atomic E-state index is 12.8. The minimum absolute atomic E-state index is 0. The van der Waals surface area contributed by atoms with E-state index in [4.69, 9.17) is 0 Å². The van der Waals surface area contributed by atoms with E-state index in [0.29, 0.717) is 17.8 Å². The molecule has 2 aliphatic heterocycles. The first-order valence-electron chi connectivity index (χ1n) is 8.01. The van der Waals surface area contributed by atoms with Crippen molar-refractivity contribution in [1.82, 2.24) is 24.7 Å². The molecule has 2 fully saturated rings. The number of nitrogens with zero attached hydrogens (tertiary/aromatic N) is 4. The summed E-state index contributed by atoms with van der Waals surface area (Å²) in [6.45, 7) is 7.53. The molecular formula is C15H26ClF2N5. The van der Waals surface area contributed by atoms with Crippen molar-refractivity contribution in [3.8, 4) is 0 Å². The van der Waals surface area contributed by atoms with Gasteiger partial charge in [0.15, 0.2) is 0 Å². The summed E-state index contributed by atoms with van der Waals surface area (Å²) in [7, 11) is 0. The number of nitrogens with one attached hydrogen (secondary N) is 1. The fourth-order valence-electron chi connectivity index (χ4n) is 3.49. The Bertz CT molecular complexity index is 482. The van der Waals surface area contributed by atoms with E-state index in [-0.39, 0.29) is 12.4 Å². The van der Waals surface area contributed by atoms with E-state index in [1.54, 1.807) is 0 Å². The van der Waals surface area contributed by atoms with Crippen LogP contribution in [0.25, 0.3) is 0 Å². The van der Waals surface area contributed by atoms with Gasteiger partial charge in [-0.3, -0.25) is 9.47 Å². The summed E-state index contributed by atoms with van der Waals surface area (Å²) in [6.07, 6.45) is 4.04. The van der Waals surface area contributed by atoms with E-state index in [2.05, 4.69) is 27.0 Å². The van der Waals surface area contributed by atoms with Crippen LogP contribution in [-0.4, -0.2) is 65.2 Å². The minimum Gasteiger partial charge on any atom is -0.316 e. The first-order chi connectivity index (χ1) is 10.6. The third kappa shape index (κ3) is 4.62. The van der Waals surface area contributed by atoms with E-state index in [1.165, 1.54) is 18.8 Å². The monoisotopic (exact) mass is 349 g/mol. The van der Waals surface area contributed by atoms with Crippen LogP contribution in [0.2, 0.25) is 0 Å². The van der Waals surface area contributed by atoms with Gasteiger partial charge in [0.05, 0.1) is 6.54 Å². The average Bonchev–Trinajstić information content (AvgIpc) is 3.10. The van der Waals surface area contributed by atoms with Crippen LogP contribution in [0.5, 0.6) is 0 Å². The normalized spacial score (nSPS) is 26.6. The first-order valence-corrected chi connectivity index (χ1v) is 8.01. The summed E-state index contributed by atoms with van der Waals surface area (Å²) in [6, 6.07) is 0. The highest BCUT2D eigenvalue weighted by molar-refractivity contribution is 5.85. The van der Waals surface area contributed by atoms with Gasteiger partial charge in [0.2, 0.25) is 0 Å². The van der Waals surface area contributed by atoms with Gasteiger partial charge in [-0.2, -0.15) is 8.78 Å². The molecule has 1 unspecified atom stereocenters. The lowest BCUT2D eigenvalue weighted by Crippen LogP contribution is -2.49. The molecule has 132 valence electrons. The highest BCUT2D eigenvalue weighted by Gasteiger charge is 2.31. The van der Waals surface area contributed by atoms with E-state index >= 15 is 0 Å². The van der Waals surface area contributed by atoms with Crippen molar-refractivity contribution in [2.75, 3.05) is 45.8 Å². The molecule has 2 saturated heterocycles. The topological polar surface area (TPSA) is 36.3 Å². The second-order valence-electron chi connectivity index (χ2n) is 6.82. The Morgan fingerprint density at radius 2 is 1.96 bits per heavy atom. The van der Waals surface area contributed by atoms with Gasteiger partial charge in [-0.1, -0.05) is 6.92 Å². The number of imidazole rings is 1. The van der Waals surface area contributed by atoms with Crippen LogP contribution in [0, 0.1) is 5.41 Å². The molecule has 1 N–H and O–H groups in total. The van der Waals surface area contributed by atoms with Gasteiger partial charge in [0, 0.05) is 51.7 Å². The van der Waals surface area contributed by atoms with E-state index in [0.717, 1.165) is 50.4 Å². The summed E-state index contributed by atoms with van der Waals surface area (Å²) < 4.78 is 26.6. The molecule has 3 rings (SSSR count). The van der Waals surface area contributed by atoms with Crippen molar-refractivity contribution >= 4 is 12.4 Å². The van der Waals surface area contributed by atoms with Crippen LogP contribution < -0.4 is 5.32 Å². The Hall–Kier alpha value is -0.760. The second-order valence-corrected chi connectivity index (χ2v) is 6.82. The SMILES string of the molecule is CC1(CN2CCN(Cc3nccn3C(F)F)CC2)CCNC1.Cl. The molecule has 0 spiro atoms. The molecule has 0 aromatic carbocycles. The summed E-state index contributed by atoms with van der Waals surface area (Å²) in [5.41, 5.74) is 0.383. The zero-order chi connectivity index (χ0) is 15.6. The Balaban J connectivity index is 0.00000192. The molecule has 23 heavy (non-hydrogen) atoms. The van der Waals surface area contributed by atoms with Crippen molar-refractivity contribution in [3.63, 3.8) is 0 Å². The molecule has 0 aliphatic carbocycles. The Labute approximate surface area is 142 Å². The molecule has 0 bridgehead atoms. The standard InChI is InChI=1S/C15H25F2N5.ClH/c1-15(2-3-18-11-15)12-21-8-6-20(7-9-21)10-13-19-4-5-22(13)14(16)17;/h4-5,14,18H,2-3,6-12H2,1H3;1H. The van der Waals surface area contributed by atoms with Gasteiger partial charge in [-0.25, -0.2) is 4.98 Å². The summed E-state index contributed by atoms with van der Waals surface area (Å²) >= 11 is 0. The van der Waals surface area contributed by atoms with Crippen molar-refractivity contribution in [2.24, 2.45) is 5.41 Å². The van der Waals surface area contributed by atoms with E-state index in [9.17, 15) is 8.78 Å². The van der Waals surface area contributed by atoms with Crippen LogP contribution in [0.3, 0.4) is 0 Å². The minimum atomic E-state index is -2.51. The summed E-state index contributed by atoms with van der Waals surface area (Å²) in [5, 5.41) is 3.44. The quantitative estimate of drug-likeness (QED) is 0.879. The Morgan fingerprint density at radius 1 is 1.26 bits per heavy atom. The number of rotatable bonds is 5. The number of alkyl halides is 2. The third-order valence-electron chi connectivity index (χ3n) is 4.85. The molecule has 3 heterocycles. The molecule has 5 nitrogen and oxygen atoms in total. The third-order valence-corrected chi connectivity index (χ3v) is 4.85. The smallest absolute Gasteiger partial charge is 0.316 e. The largest absolute Gasteiger partial charge is 0.319 e. The fraction of sp³-hybridized carbons (Fsp3) is 0.800. The van der Waals surface area contributed by atoms with Crippen molar-refractivity contribution in [2.45, 2.75) is 26.4 Å². The zero-order valence-corrected chi connectivity index (χ0v) is 14.4. The van der Waals surface area contributed by atoms with Gasteiger partial charge < -0.3 is 10.2 Å². The predicted octanol–water partition coefficient (Wildman–Crippen LogP) is 1.82. The zero-order valence-electron chi connectivity index (χ0n) is 13.5. The van der Waals surface area contributed by atoms with E-state index in [1.807, 2.05) is 0 Å². The highest BCUT2D eigenvalue weighted by atomic mass is 35.5. The van der Waals surface area contributed by atoms with Gasteiger partial charge in [0.25, 0.3) is 0 Å². The lowest BCUT2D eigenvalue weighted by Gasteiger charge is -2.38. The molecule has 1 aromatic rings. The van der Waals surface area contributed by atoms with Gasteiger partial charge in [-0.05, 0) is 18.4 Å². The lowest BCUT2D eigenvalue weighted by atomic mass is 9.89. The molecule has 1 aromatic heterocycles. The van der Waals surface area contributed by atoms with Crippen molar-refractivity contribution in [1.29, 1.82) is 0 Å². The van der Waals surface area contributed by atoms with Crippen LogP contribution in [0.1, 0.15) is 25.7 Å². The first kappa shape index (κ1) is 18.6. The van der Waals surface area contributed by atoms with Gasteiger partial charge >= 0.3 is 6.55 Å². The molecule has 0 amide bonds. The van der Waals surface area contributed by atoms with Crippen LogP contribution >= 0.6 is 12.4 Å². The van der Waals surface area contributed by atoms with Gasteiger partial charge in [0.1, 0.15) is 5.82 Å². The number of hydrogen-bond acceptors (Lipinski definition) is 4. The molecule has 0 radical (unpaired) electrons. The lowest BCUT2D eigenvalue weighted by molar-refractivity contribution is 0.0579. The fourth-order valence-corrected chi connectivity index (χ4v) is 3.49. The summed E-state index contributed by atoms with van der Waals surface area (Å²) in [4.78, 5) is 8.78. The van der Waals surface area contributed by atoms with Crippen LogP contribution in [0.15, 0.2) is 12.4 Å². The molecule has 1 atom stereocenters. The molecule has 8 heteroatoms. The maximum absolute atomic E-state index is 12.8. The second kappa shape index (κ2) is 7.88. The van der Waals surface area contributed by atoms with Crippen LogP contribution in [-0.2, 0) is 6.54 Å². The number of hydrogen-bond donors (Lipinski definition) is 1. The van der Waals surface area contributed by atoms with Crippen LogP contribution in [0.4, 0.5) is 8.78 Å². The number of aromatic nitrogens is 2. The predicted molar refractivity (Wildman–Crippen MR) is 88.0 cm³/mol. The Morgan fingerprint density at radius 3 is 2.57 bits per heavy atom. The maximum Gasteiger partial charge on any atom is 0.319 e. The Kier molecular flexibility index (Phi) is 6.36. The highest BCUT2D eigenvalue weighted by Crippen LogP contribution is 2.26. The number of piperazine rings is 1. The van der Waals surface area contributed by atoms with Gasteiger partial charge in [-0.15, -0.1) is 12.4 Å². The molecule has 0 saturated carbocycles. The van der Waals surface area contributed by atoms with Crippen molar-refractivity contribution < 1.29 is 8.78 Å². The summed E-state index contributed by atoms with van der Waals surface area (Å²) in [5.74, 6) is 0.454.